The molecular formula is C13H16FNO2. The summed E-state index contributed by atoms with van der Waals surface area (Å²) in [6, 6.07) is 4.60. The number of anilines is 1. The first kappa shape index (κ1) is 12.0. The van der Waals surface area contributed by atoms with Gasteiger partial charge in [-0.05, 0) is 25.0 Å². The third-order valence-corrected chi connectivity index (χ3v) is 3.24. The Morgan fingerprint density at radius 3 is 2.71 bits per heavy atom. The molecule has 92 valence electrons. The number of aldehydes is 1. The number of hydrogen-bond donors (Lipinski definition) is 0. The third-order valence-electron chi connectivity index (χ3n) is 3.24. The molecular weight excluding hydrogens is 221 g/mol. The Bertz CT molecular complexity index is 400. The standard InChI is InChI=1S/C13H16FNO2/c1-17-11-5-7-15(8-6-11)13-10(9-16)3-2-4-12(13)14/h2-4,9,11H,5-8H2,1H3. The van der Waals surface area contributed by atoms with E-state index in [4.69, 9.17) is 4.74 Å². The number of ether oxygens (including phenoxy) is 1. The zero-order valence-corrected chi connectivity index (χ0v) is 9.86. The first-order chi connectivity index (χ1) is 8.26. The Morgan fingerprint density at radius 1 is 1.41 bits per heavy atom. The van der Waals surface area contributed by atoms with Crippen LogP contribution in [0.25, 0.3) is 0 Å². The molecule has 1 aliphatic heterocycles. The fraction of sp³-hybridized carbons (Fsp3) is 0.462. The summed E-state index contributed by atoms with van der Waals surface area (Å²) >= 11 is 0. The van der Waals surface area contributed by atoms with Gasteiger partial charge in [0.05, 0.1) is 11.8 Å². The van der Waals surface area contributed by atoms with Crippen LogP contribution in [0, 0.1) is 5.82 Å². The molecule has 4 heteroatoms. The number of halogens is 1. The highest BCUT2D eigenvalue weighted by molar-refractivity contribution is 5.84. The summed E-state index contributed by atoms with van der Waals surface area (Å²) in [5, 5.41) is 0. The molecule has 0 radical (unpaired) electrons. The van der Waals surface area contributed by atoms with Crippen LogP contribution in [0.15, 0.2) is 18.2 Å². The first-order valence-electron chi connectivity index (χ1n) is 5.77. The van der Waals surface area contributed by atoms with Gasteiger partial charge in [0.1, 0.15) is 5.82 Å². The fourth-order valence-corrected chi connectivity index (χ4v) is 2.28. The zero-order valence-electron chi connectivity index (χ0n) is 9.86. The maximum Gasteiger partial charge on any atom is 0.152 e. The van der Waals surface area contributed by atoms with E-state index in [0.717, 1.165) is 25.9 Å². The molecule has 0 saturated carbocycles. The smallest absolute Gasteiger partial charge is 0.152 e. The fourth-order valence-electron chi connectivity index (χ4n) is 2.28. The van der Waals surface area contributed by atoms with E-state index in [9.17, 15) is 9.18 Å². The summed E-state index contributed by atoms with van der Waals surface area (Å²) in [5.74, 6) is -0.328. The van der Waals surface area contributed by atoms with E-state index in [-0.39, 0.29) is 11.9 Å². The van der Waals surface area contributed by atoms with Crippen LogP contribution < -0.4 is 4.90 Å². The topological polar surface area (TPSA) is 29.5 Å². The molecule has 0 atom stereocenters. The molecule has 3 nitrogen and oxygen atoms in total. The van der Waals surface area contributed by atoms with Crippen LogP contribution in [0.2, 0.25) is 0 Å². The van der Waals surface area contributed by atoms with Crippen molar-refractivity contribution in [1.82, 2.24) is 0 Å². The van der Waals surface area contributed by atoms with Crippen molar-refractivity contribution in [3.05, 3.63) is 29.6 Å². The zero-order chi connectivity index (χ0) is 12.3. The van der Waals surface area contributed by atoms with E-state index in [0.29, 0.717) is 17.5 Å². The molecule has 0 unspecified atom stereocenters. The van der Waals surface area contributed by atoms with Gasteiger partial charge in [0.25, 0.3) is 0 Å². The highest BCUT2D eigenvalue weighted by Gasteiger charge is 2.22. The predicted molar refractivity (Wildman–Crippen MR) is 64.0 cm³/mol. The Hall–Kier alpha value is -1.42. The van der Waals surface area contributed by atoms with Crippen LogP contribution in [0.5, 0.6) is 0 Å². The molecule has 0 N–H and O–H groups in total. The second-order valence-corrected chi connectivity index (χ2v) is 4.22. The van der Waals surface area contributed by atoms with Crippen LogP contribution >= 0.6 is 0 Å². The number of nitrogens with zero attached hydrogens (tertiary/aromatic N) is 1. The molecule has 0 bridgehead atoms. The molecule has 1 aromatic carbocycles. The van der Waals surface area contributed by atoms with Crippen molar-refractivity contribution >= 4 is 12.0 Å². The molecule has 1 saturated heterocycles. The van der Waals surface area contributed by atoms with Gasteiger partial charge in [-0.25, -0.2) is 4.39 Å². The second kappa shape index (κ2) is 5.27. The molecule has 1 aliphatic rings. The van der Waals surface area contributed by atoms with Gasteiger partial charge < -0.3 is 9.64 Å². The van der Waals surface area contributed by atoms with E-state index in [1.54, 1.807) is 19.2 Å². The SMILES string of the molecule is COC1CCN(c2c(F)cccc2C=O)CC1. The lowest BCUT2D eigenvalue weighted by molar-refractivity contribution is 0.0818. The minimum absolute atomic E-state index is 0.248. The van der Waals surface area contributed by atoms with Crippen molar-refractivity contribution in [3.8, 4) is 0 Å². The molecule has 1 aromatic rings. The Kier molecular flexibility index (Phi) is 3.74. The number of hydrogen-bond acceptors (Lipinski definition) is 3. The van der Waals surface area contributed by atoms with Crippen molar-refractivity contribution in [2.24, 2.45) is 0 Å². The normalized spacial score (nSPS) is 17.2. The van der Waals surface area contributed by atoms with Gasteiger partial charge in [-0.1, -0.05) is 6.07 Å². The Labute approximate surface area is 100 Å². The number of piperidine rings is 1. The number of benzene rings is 1. The number of carbonyl (C=O) groups excluding carboxylic acids is 1. The minimum atomic E-state index is -0.328. The summed E-state index contributed by atoms with van der Waals surface area (Å²) in [4.78, 5) is 12.8. The molecule has 17 heavy (non-hydrogen) atoms. The van der Waals surface area contributed by atoms with Gasteiger partial charge in [-0.3, -0.25) is 4.79 Å². The first-order valence-corrected chi connectivity index (χ1v) is 5.77. The van der Waals surface area contributed by atoms with Gasteiger partial charge in [0.2, 0.25) is 0 Å². The van der Waals surface area contributed by atoms with Crippen molar-refractivity contribution in [1.29, 1.82) is 0 Å². The Balaban J connectivity index is 2.20. The van der Waals surface area contributed by atoms with Crippen LogP contribution in [0.3, 0.4) is 0 Å². The van der Waals surface area contributed by atoms with E-state index >= 15 is 0 Å². The van der Waals surface area contributed by atoms with Crippen LogP contribution in [-0.4, -0.2) is 32.6 Å². The van der Waals surface area contributed by atoms with Crippen molar-refractivity contribution < 1.29 is 13.9 Å². The second-order valence-electron chi connectivity index (χ2n) is 4.22. The lowest BCUT2D eigenvalue weighted by Crippen LogP contribution is -2.37. The summed E-state index contributed by atoms with van der Waals surface area (Å²) in [7, 11) is 1.69. The summed E-state index contributed by atoms with van der Waals surface area (Å²) in [5.41, 5.74) is 0.845. The highest BCUT2D eigenvalue weighted by Crippen LogP contribution is 2.26. The van der Waals surface area contributed by atoms with Gasteiger partial charge in [-0.15, -0.1) is 0 Å². The van der Waals surface area contributed by atoms with Crippen molar-refractivity contribution in [3.63, 3.8) is 0 Å². The molecule has 2 rings (SSSR count). The van der Waals surface area contributed by atoms with E-state index in [1.165, 1.54) is 6.07 Å². The molecule has 1 heterocycles. The van der Waals surface area contributed by atoms with Gasteiger partial charge in [-0.2, -0.15) is 0 Å². The van der Waals surface area contributed by atoms with Gasteiger partial charge in [0.15, 0.2) is 6.29 Å². The number of rotatable bonds is 3. The number of para-hydroxylation sites is 1. The van der Waals surface area contributed by atoms with Crippen molar-refractivity contribution in [2.75, 3.05) is 25.1 Å². The number of carbonyl (C=O) groups is 1. The van der Waals surface area contributed by atoms with E-state index < -0.39 is 0 Å². The molecule has 0 amide bonds. The largest absolute Gasteiger partial charge is 0.381 e. The predicted octanol–water partition coefficient (Wildman–Crippen LogP) is 2.25. The maximum absolute atomic E-state index is 13.8. The molecule has 0 aromatic heterocycles. The summed E-state index contributed by atoms with van der Waals surface area (Å²) in [6.45, 7) is 1.44. The van der Waals surface area contributed by atoms with Crippen LogP contribution in [0.4, 0.5) is 10.1 Å². The summed E-state index contributed by atoms with van der Waals surface area (Å²) < 4.78 is 19.0. The van der Waals surface area contributed by atoms with Crippen LogP contribution in [0.1, 0.15) is 23.2 Å². The lowest BCUT2D eigenvalue weighted by atomic mass is 10.0. The van der Waals surface area contributed by atoms with E-state index in [1.807, 2.05) is 4.90 Å². The quantitative estimate of drug-likeness (QED) is 0.755. The van der Waals surface area contributed by atoms with E-state index in [2.05, 4.69) is 0 Å². The average molecular weight is 237 g/mol. The molecule has 0 aliphatic carbocycles. The minimum Gasteiger partial charge on any atom is -0.381 e. The highest BCUT2D eigenvalue weighted by atomic mass is 19.1. The monoisotopic (exact) mass is 237 g/mol. The third kappa shape index (κ3) is 2.47. The maximum atomic E-state index is 13.8. The molecule has 1 fully saturated rings. The van der Waals surface area contributed by atoms with Gasteiger partial charge in [0, 0.05) is 25.8 Å². The Morgan fingerprint density at radius 2 is 2.12 bits per heavy atom. The van der Waals surface area contributed by atoms with Gasteiger partial charge >= 0.3 is 0 Å². The van der Waals surface area contributed by atoms with Crippen LogP contribution in [-0.2, 0) is 4.74 Å². The lowest BCUT2D eigenvalue weighted by Gasteiger charge is -2.33. The van der Waals surface area contributed by atoms with Crippen molar-refractivity contribution in [2.45, 2.75) is 18.9 Å². The number of methoxy groups -OCH3 is 1. The molecule has 0 spiro atoms. The summed E-state index contributed by atoms with van der Waals surface area (Å²) in [6.07, 6.45) is 2.69. The average Bonchev–Trinajstić information content (AvgIpc) is 2.38.